The molecule has 2 N–H and O–H groups in total. The van der Waals surface area contributed by atoms with Crippen molar-refractivity contribution < 1.29 is 14.7 Å². The zero-order chi connectivity index (χ0) is 13.9. The predicted molar refractivity (Wildman–Crippen MR) is 65.4 cm³/mol. The maximum atomic E-state index is 12.2. The third-order valence-corrected chi connectivity index (χ3v) is 3.76. The van der Waals surface area contributed by atoms with Crippen LogP contribution in [0, 0.1) is 10.8 Å². The largest absolute Gasteiger partial charge is 0.378 e. The minimum atomic E-state index is -1.65. The summed E-state index contributed by atoms with van der Waals surface area (Å²) in [6.45, 7) is 12.0. The zero-order valence-corrected chi connectivity index (χ0v) is 11.8. The number of ketones is 1. The van der Waals surface area contributed by atoms with Gasteiger partial charge in [0, 0.05) is 5.54 Å². The van der Waals surface area contributed by atoms with Crippen LogP contribution in [0.2, 0.25) is 0 Å². The number of rotatable bonds is 1. The van der Waals surface area contributed by atoms with E-state index in [1.165, 1.54) is 0 Å². The van der Waals surface area contributed by atoms with Gasteiger partial charge in [0.05, 0.1) is 10.8 Å². The second kappa shape index (κ2) is 3.31. The SMILES string of the molecule is CC(C)(C)NC(=O)C1(O)C(C)(C)C(=O)C1(C)C. The fourth-order valence-corrected chi connectivity index (χ4v) is 2.83. The number of hydrogen-bond acceptors (Lipinski definition) is 3. The fourth-order valence-electron chi connectivity index (χ4n) is 2.83. The van der Waals surface area contributed by atoms with E-state index in [2.05, 4.69) is 5.32 Å². The summed E-state index contributed by atoms with van der Waals surface area (Å²) in [5, 5.41) is 13.4. The van der Waals surface area contributed by atoms with Crippen molar-refractivity contribution in [3.63, 3.8) is 0 Å². The van der Waals surface area contributed by atoms with E-state index in [9.17, 15) is 14.7 Å². The van der Waals surface area contributed by atoms with Gasteiger partial charge in [-0.2, -0.15) is 0 Å². The van der Waals surface area contributed by atoms with Gasteiger partial charge in [-0.1, -0.05) is 0 Å². The molecule has 0 saturated heterocycles. The van der Waals surface area contributed by atoms with Crippen molar-refractivity contribution in [2.24, 2.45) is 10.8 Å². The molecule has 0 atom stereocenters. The first-order chi connectivity index (χ1) is 7.28. The van der Waals surface area contributed by atoms with Crippen molar-refractivity contribution in [1.82, 2.24) is 5.32 Å². The van der Waals surface area contributed by atoms with Crippen LogP contribution in [0.1, 0.15) is 48.5 Å². The summed E-state index contributed by atoms with van der Waals surface area (Å²) >= 11 is 0. The lowest BCUT2D eigenvalue weighted by molar-refractivity contribution is -0.223. The van der Waals surface area contributed by atoms with E-state index in [1.807, 2.05) is 20.8 Å². The third-order valence-electron chi connectivity index (χ3n) is 3.76. The lowest BCUT2D eigenvalue weighted by atomic mass is 9.43. The first-order valence-corrected chi connectivity index (χ1v) is 5.88. The van der Waals surface area contributed by atoms with Gasteiger partial charge in [-0.3, -0.25) is 9.59 Å². The molecule has 1 aliphatic carbocycles. The highest BCUT2D eigenvalue weighted by molar-refractivity contribution is 6.10. The molecule has 1 saturated carbocycles. The monoisotopic (exact) mass is 241 g/mol. The van der Waals surface area contributed by atoms with Crippen LogP contribution in [-0.4, -0.2) is 27.9 Å². The van der Waals surface area contributed by atoms with E-state index in [0.717, 1.165) is 0 Å². The van der Waals surface area contributed by atoms with Gasteiger partial charge in [0.25, 0.3) is 5.91 Å². The lowest BCUT2D eigenvalue weighted by Gasteiger charge is -2.60. The van der Waals surface area contributed by atoms with Crippen LogP contribution in [0.3, 0.4) is 0 Å². The van der Waals surface area contributed by atoms with Crippen LogP contribution in [-0.2, 0) is 9.59 Å². The van der Waals surface area contributed by atoms with Crippen LogP contribution >= 0.6 is 0 Å². The Hall–Kier alpha value is -0.900. The first-order valence-electron chi connectivity index (χ1n) is 5.88. The van der Waals surface area contributed by atoms with Gasteiger partial charge >= 0.3 is 0 Å². The number of carbonyl (C=O) groups excluding carboxylic acids is 2. The highest BCUT2D eigenvalue weighted by Crippen LogP contribution is 2.58. The lowest BCUT2D eigenvalue weighted by Crippen LogP contribution is -2.80. The molecule has 0 radical (unpaired) electrons. The average Bonchev–Trinajstić information content (AvgIpc) is 2.11. The molecule has 98 valence electrons. The summed E-state index contributed by atoms with van der Waals surface area (Å²) in [5.41, 5.74) is -4.15. The molecule has 0 aliphatic heterocycles. The van der Waals surface area contributed by atoms with Crippen molar-refractivity contribution in [3.8, 4) is 0 Å². The van der Waals surface area contributed by atoms with Crippen molar-refractivity contribution in [2.75, 3.05) is 0 Å². The Kier molecular flexibility index (Phi) is 2.76. The van der Waals surface area contributed by atoms with E-state index in [-0.39, 0.29) is 5.78 Å². The van der Waals surface area contributed by atoms with Gasteiger partial charge in [-0.05, 0) is 48.5 Å². The Morgan fingerprint density at radius 2 is 1.47 bits per heavy atom. The molecule has 0 aromatic rings. The van der Waals surface area contributed by atoms with Gasteiger partial charge in [0.2, 0.25) is 0 Å². The Balaban J connectivity index is 3.11. The number of Topliss-reactive ketones (excluding diaryl/α,β-unsaturated/α-hetero) is 1. The van der Waals surface area contributed by atoms with Crippen LogP contribution in [0.15, 0.2) is 0 Å². The van der Waals surface area contributed by atoms with Gasteiger partial charge in [0.15, 0.2) is 11.4 Å². The van der Waals surface area contributed by atoms with E-state index in [4.69, 9.17) is 0 Å². The Morgan fingerprint density at radius 1 is 1.12 bits per heavy atom. The third kappa shape index (κ3) is 1.61. The fraction of sp³-hybridized carbons (Fsp3) is 0.846. The summed E-state index contributed by atoms with van der Waals surface area (Å²) in [7, 11) is 0. The van der Waals surface area contributed by atoms with Crippen LogP contribution in [0.5, 0.6) is 0 Å². The summed E-state index contributed by atoms with van der Waals surface area (Å²) in [4.78, 5) is 24.2. The molecule has 0 heterocycles. The number of amides is 1. The standard InChI is InChI=1S/C13H23NO3/c1-10(2,3)14-9(16)13(17)11(4,5)8(15)12(13,6)7/h17H,1-7H3,(H,14,16). The molecule has 1 amide bonds. The minimum absolute atomic E-state index is 0.0865. The smallest absolute Gasteiger partial charge is 0.254 e. The molecule has 0 unspecified atom stereocenters. The zero-order valence-electron chi connectivity index (χ0n) is 11.8. The molecule has 0 aromatic carbocycles. The summed E-state index contributed by atoms with van der Waals surface area (Å²) < 4.78 is 0. The van der Waals surface area contributed by atoms with Crippen molar-refractivity contribution >= 4 is 11.7 Å². The van der Waals surface area contributed by atoms with Crippen molar-refractivity contribution in [1.29, 1.82) is 0 Å². The average molecular weight is 241 g/mol. The Morgan fingerprint density at radius 3 is 1.76 bits per heavy atom. The van der Waals surface area contributed by atoms with E-state index in [1.54, 1.807) is 27.7 Å². The maximum absolute atomic E-state index is 12.2. The quantitative estimate of drug-likeness (QED) is 0.726. The molecule has 0 spiro atoms. The molecule has 0 bridgehead atoms. The second-order valence-electron chi connectivity index (χ2n) is 6.99. The summed E-state index contributed by atoms with van der Waals surface area (Å²) in [5.74, 6) is -0.559. The van der Waals surface area contributed by atoms with Gasteiger partial charge in [-0.25, -0.2) is 0 Å². The van der Waals surface area contributed by atoms with Gasteiger partial charge in [-0.15, -0.1) is 0 Å². The Bertz CT molecular complexity index is 357. The van der Waals surface area contributed by atoms with E-state index in [0.29, 0.717) is 0 Å². The van der Waals surface area contributed by atoms with Gasteiger partial charge in [0.1, 0.15) is 0 Å². The number of hydrogen-bond donors (Lipinski definition) is 2. The van der Waals surface area contributed by atoms with Gasteiger partial charge < -0.3 is 10.4 Å². The molecule has 4 nitrogen and oxygen atoms in total. The molecule has 1 fully saturated rings. The number of nitrogens with one attached hydrogen (secondary N) is 1. The molecular formula is C13H23NO3. The molecule has 0 aromatic heterocycles. The van der Waals surface area contributed by atoms with Crippen molar-refractivity contribution in [2.45, 2.75) is 59.6 Å². The normalized spacial score (nSPS) is 25.1. The van der Waals surface area contributed by atoms with Crippen LogP contribution < -0.4 is 5.32 Å². The van der Waals surface area contributed by atoms with E-state index < -0.39 is 27.9 Å². The topological polar surface area (TPSA) is 66.4 Å². The minimum Gasteiger partial charge on any atom is -0.378 e. The molecule has 17 heavy (non-hydrogen) atoms. The first kappa shape index (κ1) is 14.2. The highest BCUT2D eigenvalue weighted by atomic mass is 16.3. The van der Waals surface area contributed by atoms with Crippen LogP contribution in [0.4, 0.5) is 0 Å². The maximum Gasteiger partial charge on any atom is 0.254 e. The van der Waals surface area contributed by atoms with Crippen LogP contribution in [0.25, 0.3) is 0 Å². The highest BCUT2D eigenvalue weighted by Gasteiger charge is 2.75. The van der Waals surface area contributed by atoms with E-state index >= 15 is 0 Å². The summed E-state index contributed by atoms with van der Waals surface area (Å²) in [6, 6.07) is 0. The predicted octanol–water partition coefficient (Wildman–Crippen LogP) is 1.27. The molecule has 1 aliphatic rings. The molecule has 1 rings (SSSR count). The number of carbonyl (C=O) groups is 2. The Labute approximate surface area is 103 Å². The molecule has 4 heteroatoms. The molecular weight excluding hydrogens is 218 g/mol. The van der Waals surface area contributed by atoms with Crippen molar-refractivity contribution in [3.05, 3.63) is 0 Å². The second-order valence-corrected chi connectivity index (χ2v) is 6.99. The summed E-state index contributed by atoms with van der Waals surface area (Å²) in [6.07, 6.45) is 0. The number of aliphatic hydroxyl groups is 1.